The van der Waals surface area contributed by atoms with Crippen molar-refractivity contribution < 1.29 is 0 Å². The number of fused-ring (bicyclic) bond motifs is 4. The quantitative estimate of drug-likeness (QED) is 0.686. The molecule has 1 aliphatic carbocycles. The third-order valence-corrected chi connectivity index (χ3v) is 4.45. The van der Waals surface area contributed by atoms with Crippen LogP contribution in [0.1, 0.15) is 12.8 Å². The van der Waals surface area contributed by atoms with Crippen molar-refractivity contribution in [2.24, 2.45) is 4.99 Å². The van der Waals surface area contributed by atoms with Gasteiger partial charge in [0.2, 0.25) is 0 Å². The van der Waals surface area contributed by atoms with E-state index < -0.39 is 0 Å². The molecule has 2 heteroatoms. The molecule has 2 heterocycles. The molecule has 3 aliphatic rings. The first-order valence-electron chi connectivity index (χ1n) is 7.20. The number of anilines is 1. The molecule has 0 bridgehead atoms. The Labute approximate surface area is 117 Å². The van der Waals surface area contributed by atoms with E-state index in [1.54, 1.807) is 0 Å². The van der Waals surface area contributed by atoms with Gasteiger partial charge in [-0.25, -0.2) is 4.99 Å². The minimum atomic E-state index is 0.970. The van der Waals surface area contributed by atoms with Crippen LogP contribution in [0.4, 0.5) is 11.4 Å². The predicted octanol–water partition coefficient (Wildman–Crippen LogP) is 4.35. The fourth-order valence-electron chi connectivity index (χ4n) is 3.56. The fraction of sp³-hybridized carbons (Fsp3) is 0.167. The van der Waals surface area contributed by atoms with Crippen LogP contribution in [-0.4, -0.2) is 12.4 Å². The molecule has 1 fully saturated rings. The Hall–Kier alpha value is -2.35. The number of benzene rings is 2. The summed E-state index contributed by atoms with van der Waals surface area (Å²) in [5, 5.41) is 2.57. The van der Waals surface area contributed by atoms with Crippen molar-refractivity contribution in [1.29, 1.82) is 0 Å². The van der Waals surface area contributed by atoms with E-state index in [1.807, 2.05) is 0 Å². The Morgan fingerprint density at radius 3 is 2.75 bits per heavy atom. The van der Waals surface area contributed by atoms with Crippen molar-refractivity contribution in [3.05, 3.63) is 59.7 Å². The Bertz CT molecular complexity index is 834. The van der Waals surface area contributed by atoms with Gasteiger partial charge in [-0.05, 0) is 35.9 Å². The number of allylic oxidation sites excluding steroid dienone is 2. The second-order valence-electron chi connectivity index (χ2n) is 5.60. The Kier molecular flexibility index (Phi) is 1.88. The maximum absolute atomic E-state index is 4.94. The molecular weight excluding hydrogens is 244 g/mol. The third-order valence-electron chi connectivity index (χ3n) is 4.45. The van der Waals surface area contributed by atoms with E-state index in [0.717, 1.165) is 30.9 Å². The van der Waals surface area contributed by atoms with Crippen LogP contribution < -0.4 is 4.90 Å². The van der Waals surface area contributed by atoms with Crippen molar-refractivity contribution in [2.45, 2.75) is 12.8 Å². The predicted molar refractivity (Wildman–Crippen MR) is 83.8 cm³/mol. The van der Waals surface area contributed by atoms with E-state index in [2.05, 4.69) is 53.5 Å². The highest BCUT2D eigenvalue weighted by Gasteiger charge is 2.33. The summed E-state index contributed by atoms with van der Waals surface area (Å²) < 4.78 is 0. The van der Waals surface area contributed by atoms with Crippen LogP contribution in [0.5, 0.6) is 0 Å². The van der Waals surface area contributed by atoms with Gasteiger partial charge in [0.1, 0.15) is 5.84 Å². The second kappa shape index (κ2) is 3.60. The first-order chi connectivity index (χ1) is 9.92. The molecule has 0 N–H and O–H groups in total. The molecule has 2 aromatic rings. The van der Waals surface area contributed by atoms with E-state index >= 15 is 0 Å². The van der Waals surface area contributed by atoms with E-state index in [-0.39, 0.29) is 0 Å². The molecule has 5 rings (SSSR count). The van der Waals surface area contributed by atoms with Crippen LogP contribution in [-0.2, 0) is 0 Å². The molecule has 0 radical (unpaired) electrons. The average molecular weight is 258 g/mol. The standard InChI is InChI=1S/C18H14N2/c1-2-8-14-13(5-1)11-20-16-10-4-7-12-6-3-9-15(17(12)16)19-18(14)20/h3-10H,1-2,11H2. The minimum Gasteiger partial charge on any atom is -0.321 e. The topological polar surface area (TPSA) is 15.6 Å². The molecule has 96 valence electrons. The minimum absolute atomic E-state index is 0.970. The zero-order valence-corrected chi connectivity index (χ0v) is 11.1. The van der Waals surface area contributed by atoms with Gasteiger partial charge < -0.3 is 4.90 Å². The Morgan fingerprint density at radius 2 is 1.80 bits per heavy atom. The first-order valence-corrected chi connectivity index (χ1v) is 7.20. The van der Waals surface area contributed by atoms with Crippen molar-refractivity contribution >= 4 is 28.0 Å². The highest BCUT2D eigenvalue weighted by Crippen LogP contribution is 2.44. The zero-order chi connectivity index (χ0) is 13.1. The van der Waals surface area contributed by atoms with Crippen LogP contribution in [0, 0.1) is 0 Å². The van der Waals surface area contributed by atoms with Crippen LogP contribution in [0.3, 0.4) is 0 Å². The molecule has 0 spiro atoms. The van der Waals surface area contributed by atoms with Crippen molar-refractivity contribution in [3.63, 3.8) is 0 Å². The van der Waals surface area contributed by atoms with E-state index in [4.69, 9.17) is 4.99 Å². The van der Waals surface area contributed by atoms with Gasteiger partial charge in [-0.2, -0.15) is 0 Å². The van der Waals surface area contributed by atoms with E-state index in [9.17, 15) is 0 Å². The number of hydrogen-bond donors (Lipinski definition) is 0. The van der Waals surface area contributed by atoms with Gasteiger partial charge in [-0.1, -0.05) is 36.4 Å². The number of amidine groups is 1. The van der Waals surface area contributed by atoms with Gasteiger partial charge in [-0.3, -0.25) is 0 Å². The Balaban J connectivity index is 1.85. The smallest absolute Gasteiger partial charge is 0.141 e. The third kappa shape index (κ3) is 1.21. The molecule has 2 aromatic carbocycles. The normalized spacial score (nSPS) is 19.2. The lowest BCUT2D eigenvalue weighted by Gasteiger charge is -2.25. The zero-order valence-electron chi connectivity index (χ0n) is 11.1. The number of hydrogen-bond acceptors (Lipinski definition) is 2. The van der Waals surface area contributed by atoms with Crippen molar-refractivity contribution in [1.82, 2.24) is 0 Å². The van der Waals surface area contributed by atoms with Crippen LogP contribution in [0.25, 0.3) is 10.8 Å². The first kappa shape index (κ1) is 10.4. The molecule has 0 atom stereocenters. The molecule has 0 aromatic heterocycles. The summed E-state index contributed by atoms with van der Waals surface area (Å²) in [6, 6.07) is 12.9. The summed E-state index contributed by atoms with van der Waals surface area (Å²) in [5.74, 6) is 1.14. The average Bonchev–Trinajstić information content (AvgIpc) is 2.87. The van der Waals surface area contributed by atoms with Gasteiger partial charge >= 0.3 is 0 Å². The molecular formula is C18H14N2. The lowest BCUT2D eigenvalue weighted by atomic mass is 10.00. The maximum Gasteiger partial charge on any atom is 0.141 e. The maximum atomic E-state index is 4.94. The van der Waals surface area contributed by atoms with Gasteiger partial charge in [0.05, 0.1) is 17.9 Å². The summed E-state index contributed by atoms with van der Waals surface area (Å²) >= 11 is 0. The van der Waals surface area contributed by atoms with Gasteiger partial charge in [-0.15, -0.1) is 0 Å². The Morgan fingerprint density at radius 1 is 0.950 bits per heavy atom. The number of rotatable bonds is 0. The molecule has 2 aliphatic heterocycles. The number of aliphatic imine (C=N–C) groups is 1. The van der Waals surface area contributed by atoms with Gasteiger partial charge in [0.15, 0.2) is 0 Å². The molecule has 0 saturated carbocycles. The monoisotopic (exact) mass is 258 g/mol. The molecule has 2 nitrogen and oxygen atoms in total. The second-order valence-corrected chi connectivity index (χ2v) is 5.60. The van der Waals surface area contributed by atoms with Crippen molar-refractivity contribution in [2.75, 3.05) is 11.4 Å². The lowest BCUT2D eigenvalue weighted by molar-refractivity contribution is 1.00. The fourth-order valence-corrected chi connectivity index (χ4v) is 3.56. The van der Waals surface area contributed by atoms with Gasteiger partial charge in [0.25, 0.3) is 0 Å². The highest BCUT2D eigenvalue weighted by atomic mass is 15.2. The molecule has 0 unspecified atom stereocenters. The van der Waals surface area contributed by atoms with Crippen LogP contribution in [0.15, 0.2) is 64.7 Å². The van der Waals surface area contributed by atoms with E-state index in [0.29, 0.717) is 0 Å². The summed E-state index contributed by atoms with van der Waals surface area (Å²) in [4.78, 5) is 7.32. The lowest BCUT2D eigenvalue weighted by Crippen LogP contribution is -2.26. The van der Waals surface area contributed by atoms with Gasteiger partial charge in [0, 0.05) is 11.0 Å². The molecule has 0 amide bonds. The van der Waals surface area contributed by atoms with E-state index in [1.165, 1.54) is 27.6 Å². The SMILES string of the molecule is C1=C2CN3C(=Nc4cccc5cccc3c45)C2=CCC1. The summed E-state index contributed by atoms with van der Waals surface area (Å²) in [5.41, 5.74) is 5.21. The van der Waals surface area contributed by atoms with Crippen molar-refractivity contribution in [3.8, 4) is 0 Å². The highest BCUT2D eigenvalue weighted by molar-refractivity contribution is 6.24. The number of nitrogens with zero attached hydrogens (tertiary/aromatic N) is 2. The largest absolute Gasteiger partial charge is 0.321 e. The van der Waals surface area contributed by atoms with Crippen LogP contribution in [0.2, 0.25) is 0 Å². The molecule has 20 heavy (non-hydrogen) atoms. The summed E-state index contributed by atoms with van der Waals surface area (Å²) in [7, 11) is 0. The van der Waals surface area contributed by atoms with Crippen LogP contribution >= 0.6 is 0 Å². The summed E-state index contributed by atoms with van der Waals surface area (Å²) in [6.07, 6.45) is 7.03. The molecule has 1 saturated heterocycles. The summed E-state index contributed by atoms with van der Waals surface area (Å²) in [6.45, 7) is 0.970.